The minimum atomic E-state index is -0.303. The molecule has 0 aromatic heterocycles. The summed E-state index contributed by atoms with van der Waals surface area (Å²) in [5, 5.41) is 0. The van der Waals surface area contributed by atoms with Crippen molar-refractivity contribution >= 4 is 11.7 Å². The Morgan fingerprint density at radius 1 is 1.53 bits per heavy atom. The molecule has 1 atom stereocenters. The van der Waals surface area contributed by atoms with Crippen LogP contribution in [0.4, 0.5) is 5.69 Å². The molecule has 0 aliphatic heterocycles. The van der Waals surface area contributed by atoms with Crippen molar-refractivity contribution in [1.82, 2.24) is 0 Å². The Morgan fingerprint density at radius 3 is 2.87 bits per heavy atom. The van der Waals surface area contributed by atoms with Crippen molar-refractivity contribution in [1.29, 1.82) is 0 Å². The number of esters is 1. The molecule has 0 bridgehead atoms. The van der Waals surface area contributed by atoms with E-state index < -0.39 is 0 Å². The minimum absolute atomic E-state index is 0.303. The average molecular weight is 207 g/mol. The first-order chi connectivity index (χ1) is 7.13. The first-order valence-corrected chi connectivity index (χ1v) is 5.16. The van der Waals surface area contributed by atoms with Gasteiger partial charge in [0.2, 0.25) is 0 Å². The molecule has 0 aliphatic carbocycles. The van der Waals surface area contributed by atoms with Gasteiger partial charge in [-0.1, -0.05) is 26.3 Å². The first-order valence-electron chi connectivity index (χ1n) is 5.16. The van der Waals surface area contributed by atoms with Crippen LogP contribution < -0.4 is 5.73 Å². The van der Waals surface area contributed by atoms with Crippen LogP contribution in [0.25, 0.3) is 0 Å². The van der Waals surface area contributed by atoms with Crippen LogP contribution in [0.1, 0.15) is 30.6 Å². The Hall–Kier alpha value is -1.51. The minimum Gasteiger partial charge on any atom is -0.462 e. The summed E-state index contributed by atoms with van der Waals surface area (Å²) >= 11 is 0. The molecule has 1 aromatic rings. The Morgan fingerprint density at radius 2 is 2.27 bits per heavy atom. The highest BCUT2D eigenvalue weighted by atomic mass is 16.5. The van der Waals surface area contributed by atoms with Gasteiger partial charge in [0.05, 0.1) is 12.2 Å². The molecule has 0 amide bonds. The van der Waals surface area contributed by atoms with E-state index in [4.69, 9.17) is 10.5 Å². The molecule has 82 valence electrons. The Labute approximate surface area is 90.2 Å². The van der Waals surface area contributed by atoms with Crippen LogP contribution in [0.15, 0.2) is 24.3 Å². The zero-order valence-electron chi connectivity index (χ0n) is 9.19. The fraction of sp³-hybridized carbons (Fsp3) is 0.417. The van der Waals surface area contributed by atoms with Crippen LogP contribution in [-0.2, 0) is 4.74 Å². The molecule has 1 aromatic carbocycles. The molecule has 0 fully saturated rings. The number of rotatable bonds is 4. The summed E-state index contributed by atoms with van der Waals surface area (Å²) in [4.78, 5) is 11.5. The molecule has 0 unspecified atom stereocenters. The van der Waals surface area contributed by atoms with Crippen molar-refractivity contribution < 1.29 is 9.53 Å². The molecule has 0 aliphatic rings. The summed E-state index contributed by atoms with van der Waals surface area (Å²) in [5.74, 6) is 0.0950. The Bertz CT molecular complexity index is 336. The van der Waals surface area contributed by atoms with Gasteiger partial charge < -0.3 is 10.5 Å². The van der Waals surface area contributed by atoms with Crippen molar-refractivity contribution in [2.24, 2.45) is 5.92 Å². The first kappa shape index (κ1) is 11.6. The molecule has 1 rings (SSSR count). The number of hydrogen-bond acceptors (Lipinski definition) is 3. The van der Waals surface area contributed by atoms with Gasteiger partial charge in [0, 0.05) is 5.69 Å². The molecule has 0 saturated carbocycles. The topological polar surface area (TPSA) is 52.3 Å². The lowest BCUT2D eigenvalue weighted by Gasteiger charge is -2.09. The van der Waals surface area contributed by atoms with E-state index >= 15 is 0 Å². The summed E-state index contributed by atoms with van der Waals surface area (Å²) < 4.78 is 5.14. The number of anilines is 1. The van der Waals surface area contributed by atoms with Gasteiger partial charge in [0.1, 0.15) is 0 Å². The van der Waals surface area contributed by atoms with E-state index in [9.17, 15) is 4.79 Å². The second-order valence-corrected chi connectivity index (χ2v) is 3.74. The normalized spacial score (nSPS) is 12.1. The monoisotopic (exact) mass is 207 g/mol. The Kier molecular flexibility index (Phi) is 4.16. The highest BCUT2D eigenvalue weighted by Crippen LogP contribution is 2.09. The molecule has 0 heterocycles. The molecule has 0 radical (unpaired) electrons. The van der Waals surface area contributed by atoms with Gasteiger partial charge in [0.15, 0.2) is 0 Å². The van der Waals surface area contributed by atoms with E-state index in [0.717, 1.165) is 6.42 Å². The van der Waals surface area contributed by atoms with Crippen LogP contribution in [0.3, 0.4) is 0 Å². The van der Waals surface area contributed by atoms with E-state index in [2.05, 4.69) is 6.92 Å². The Balaban J connectivity index is 2.54. The lowest BCUT2D eigenvalue weighted by Crippen LogP contribution is -2.11. The van der Waals surface area contributed by atoms with Gasteiger partial charge in [-0.3, -0.25) is 0 Å². The van der Waals surface area contributed by atoms with Gasteiger partial charge in [-0.15, -0.1) is 0 Å². The van der Waals surface area contributed by atoms with E-state index in [1.807, 2.05) is 6.92 Å². The fourth-order valence-corrected chi connectivity index (χ4v) is 1.08. The van der Waals surface area contributed by atoms with Crippen molar-refractivity contribution in [3.8, 4) is 0 Å². The van der Waals surface area contributed by atoms with E-state index in [0.29, 0.717) is 23.8 Å². The maximum atomic E-state index is 11.5. The number of carbonyl (C=O) groups excluding carboxylic acids is 1. The van der Waals surface area contributed by atoms with Crippen LogP contribution in [0.5, 0.6) is 0 Å². The smallest absolute Gasteiger partial charge is 0.338 e. The van der Waals surface area contributed by atoms with E-state index in [1.54, 1.807) is 24.3 Å². The van der Waals surface area contributed by atoms with Crippen LogP contribution in [0.2, 0.25) is 0 Å². The predicted octanol–water partition coefficient (Wildman–Crippen LogP) is 2.47. The molecule has 3 nitrogen and oxygen atoms in total. The summed E-state index contributed by atoms with van der Waals surface area (Å²) in [6.45, 7) is 4.58. The molecule has 2 N–H and O–H groups in total. The van der Waals surface area contributed by atoms with Gasteiger partial charge in [-0.25, -0.2) is 4.79 Å². The third-order valence-electron chi connectivity index (χ3n) is 2.32. The van der Waals surface area contributed by atoms with Crippen LogP contribution in [0, 0.1) is 5.92 Å². The molecule has 15 heavy (non-hydrogen) atoms. The van der Waals surface area contributed by atoms with Gasteiger partial charge in [-0.2, -0.15) is 0 Å². The summed E-state index contributed by atoms with van der Waals surface area (Å²) in [5.41, 5.74) is 6.66. The van der Waals surface area contributed by atoms with Gasteiger partial charge in [0.25, 0.3) is 0 Å². The molecular formula is C12H17NO2. The standard InChI is InChI=1S/C12H17NO2/c1-3-9(2)8-15-12(14)10-5-4-6-11(13)7-10/h4-7,9H,3,8,13H2,1-2H3/t9-/m0/s1. The highest BCUT2D eigenvalue weighted by molar-refractivity contribution is 5.90. The molecular weight excluding hydrogens is 190 g/mol. The third-order valence-corrected chi connectivity index (χ3v) is 2.32. The largest absolute Gasteiger partial charge is 0.462 e. The number of nitrogen functional groups attached to an aromatic ring is 1. The summed E-state index contributed by atoms with van der Waals surface area (Å²) in [6, 6.07) is 6.81. The fourth-order valence-electron chi connectivity index (χ4n) is 1.08. The van der Waals surface area contributed by atoms with Crippen molar-refractivity contribution in [2.45, 2.75) is 20.3 Å². The van der Waals surface area contributed by atoms with E-state index in [1.165, 1.54) is 0 Å². The van der Waals surface area contributed by atoms with Gasteiger partial charge >= 0.3 is 5.97 Å². The molecule has 3 heteroatoms. The molecule has 0 spiro atoms. The number of hydrogen-bond donors (Lipinski definition) is 1. The zero-order chi connectivity index (χ0) is 11.3. The number of nitrogens with two attached hydrogens (primary N) is 1. The average Bonchev–Trinajstić information content (AvgIpc) is 2.25. The number of benzene rings is 1. The number of carbonyl (C=O) groups is 1. The van der Waals surface area contributed by atoms with E-state index in [-0.39, 0.29) is 5.97 Å². The highest BCUT2D eigenvalue weighted by Gasteiger charge is 2.08. The zero-order valence-corrected chi connectivity index (χ0v) is 9.19. The lowest BCUT2D eigenvalue weighted by molar-refractivity contribution is 0.0447. The van der Waals surface area contributed by atoms with Crippen molar-refractivity contribution in [3.05, 3.63) is 29.8 Å². The second-order valence-electron chi connectivity index (χ2n) is 3.74. The lowest BCUT2D eigenvalue weighted by atomic mass is 10.1. The summed E-state index contributed by atoms with van der Waals surface area (Å²) in [7, 11) is 0. The quantitative estimate of drug-likeness (QED) is 0.609. The maximum absolute atomic E-state index is 11.5. The van der Waals surface area contributed by atoms with Crippen molar-refractivity contribution in [2.75, 3.05) is 12.3 Å². The SMILES string of the molecule is CC[C@H](C)COC(=O)c1cccc(N)c1. The van der Waals surface area contributed by atoms with Gasteiger partial charge in [-0.05, 0) is 24.1 Å². The second kappa shape index (κ2) is 5.39. The predicted molar refractivity (Wildman–Crippen MR) is 60.6 cm³/mol. The van der Waals surface area contributed by atoms with Crippen LogP contribution >= 0.6 is 0 Å². The number of ether oxygens (including phenoxy) is 1. The molecule has 0 saturated heterocycles. The maximum Gasteiger partial charge on any atom is 0.338 e. The van der Waals surface area contributed by atoms with Crippen LogP contribution in [-0.4, -0.2) is 12.6 Å². The third kappa shape index (κ3) is 3.62. The summed E-state index contributed by atoms with van der Waals surface area (Å²) in [6.07, 6.45) is 1.00. The van der Waals surface area contributed by atoms with Crippen molar-refractivity contribution in [3.63, 3.8) is 0 Å².